The van der Waals surface area contributed by atoms with Crippen molar-refractivity contribution in [3.63, 3.8) is 0 Å². The molecule has 5 nitrogen and oxygen atoms in total. The van der Waals surface area contributed by atoms with Crippen LogP contribution in [-0.2, 0) is 10.0 Å². The van der Waals surface area contributed by atoms with Crippen LogP contribution >= 0.6 is 11.6 Å². The van der Waals surface area contributed by atoms with Gasteiger partial charge in [0, 0.05) is 12.6 Å². The molecule has 0 aromatic heterocycles. The lowest BCUT2D eigenvalue weighted by Crippen LogP contribution is -2.28. The molecule has 0 fully saturated rings. The Bertz CT molecular complexity index is 734. The zero-order valence-electron chi connectivity index (χ0n) is 12.0. The van der Waals surface area contributed by atoms with Crippen molar-refractivity contribution in [2.45, 2.75) is 4.90 Å². The first kappa shape index (κ1) is 16.6. The van der Waals surface area contributed by atoms with E-state index in [0.29, 0.717) is 11.5 Å². The summed E-state index contributed by atoms with van der Waals surface area (Å²) in [5, 5.41) is 0.184. The van der Waals surface area contributed by atoms with Crippen LogP contribution in [0.2, 0.25) is 5.02 Å². The van der Waals surface area contributed by atoms with Gasteiger partial charge >= 0.3 is 0 Å². The van der Waals surface area contributed by atoms with Crippen LogP contribution in [0.3, 0.4) is 0 Å². The second kappa shape index (κ2) is 7.49. The van der Waals surface area contributed by atoms with Crippen LogP contribution in [0.4, 0.5) is 0 Å². The van der Waals surface area contributed by atoms with E-state index in [1.165, 1.54) is 12.1 Å². The summed E-state index contributed by atoms with van der Waals surface area (Å²) in [5.74, 6) is 1.28. The first-order valence-corrected chi connectivity index (χ1v) is 8.40. The van der Waals surface area contributed by atoms with Gasteiger partial charge in [-0.05, 0) is 24.3 Å². The fraction of sp³-hybridized carbons (Fsp3) is 0.200. The number of hydrogen-bond donors (Lipinski definition) is 1. The van der Waals surface area contributed by atoms with E-state index in [1.807, 2.05) is 0 Å². The van der Waals surface area contributed by atoms with Gasteiger partial charge in [0.05, 0.1) is 12.1 Å². The van der Waals surface area contributed by atoms with Crippen LogP contribution in [0, 0.1) is 0 Å². The van der Waals surface area contributed by atoms with E-state index >= 15 is 0 Å². The zero-order chi connectivity index (χ0) is 16.0. The minimum absolute atomic E-state index is 0.0537. The molecule has 0 bridgehead atoms. The molecular formula is C15H16ClNO4S. The van der Waals surface area contributed by atoms with Crippen molar-refractivity contribution in [1.29, 1.82) is 0 Å². The summed E-state index contributed by atoms with van der Waals surface area (Å²) in [5.41, 5.74) is 0. The highest BCUT2D eigenvalue weighted by atomic mass is 35.5. The number of methoxy groups -OCH3 is 1. The molecule has 0 unspecified atom stereocenters. The van der Waals surface area contributed by atoms with Crippen LogP contribution in [0.15, 0.2) is 53.4 Å². The molecule has 0 aliphatic carbocycles. The zero-order valence-corrected chi connectivity index (χ0v) is 13.5. The van der Waals surface area contributed by atoms with Gasteiger partial charge in [0.25, 0.3) is 0 Å². The van der Waals surface area contributed by atoms with E-state index in [-0.39, 0.29) is 23.1 Å². The Balaban J connectivity index is 1.89. The minimum atomic E-state index is -3.64. The molecule has 0 heterocycles. The van der Waals surface area contributed by atoms with E-state index in [9.17, 15) is 8.42 Å². The molecule has 2 rings (SSSR count). The molecule has 0 saturated heterocycles. The van der Waals surface area contributed by atoms with Crippen molar-refractivity contribution < 1.29 is 17.9 Å². The smallest absolute Gasteiger partial charge is 0.242 e. The standard InChI is InChI=1S/C15H16ClNO4S/c1-20-12-5-4-6-13(11-12)21-10-9-17-22(18,19)15-8-3-2-7-14(15)16/h2-8,11,17H,9-10H2,1H3. The number of benzene rings is 2. The number of rotatable bonds is 7. The Morgan fingerprint density at radius 3 is 2.55 bits per heavy atom. The average molecular weight is 342 g/mol. The summed E-state index contributed by atoms with van der Waals surface area (Å²) in [6.45, 7) is 0.321. The van der Waals surface area contributed by atoms with Crippen molar-refractivity contribution in [2.24, 2.45) is 0 Å². The number of nitrogens with one attached hydrogen (secondary N) is 1. The molecule has 118 valence electrons. The summed E-state index contributed by atoms with van der Waals surface area (Å²) in [6.07, 6.45) is 0. The predicted octanol–water partition coefficient (Wildman–Crippen LogP) is 2.71. The third-order valence-electron chi connectivity index (χ3n) is 2.83. The number of ether oxygens (including phenoxy) is 2. The van der Waals surface area contributed by atoms with E-state index in [2.05, 4.69) is 4.72 Å². The normalized spacial score (nSPS) is 11.2. The molecule has 7 heteroatoms. The first-order chi connectivity index (χ1) is 10.5. The Kier molecular flexibility index (Phi) is 5.65. The van der Waals surface area contributed by atoms with E-state index in [0.717, 1.165) is 0 Å². The second-order valence-corrected chi connectivity index (χ2v) is 6.50. The molecule has 0 atom stereocenters. The van der Waals surface area contributed by atoms with Crippen molar-refractivity contribution in [2.75, 3.05) is 20.3 Å². The number of sulfonamides is 1. The monoisotopic (exact) mass is 341 g/mol. The maximum atomic E-state index is 12.1. The van der Waals surface area contributed by atoms with Crippen molar-refractivity contribution in [3.05, 3.63) is 53.6 Å². The van der Waals surface area contributed by atoms with Gasteiger partial charge in [0.15, 0.2) is 0 Å². The molecule has 0 radical (unpaired) electrons. The summed E-state index contributed by atoms with van der Waals surface area (Å²) in [4.78, 5) is 0.0537. The minimum Gasteiger partial charge on any atom is -0.497 e. The van der Waals surface area contributed by atoms with Gasteiger partial charge in [0.1, 0.15) is 23.0 Å². The highest BCUT2D eigenvalue weighted by Gasteiger charge is 2.16. The topological polar surface area (TPSA) is 64.6 Å². The van der Waals surface area contributed by atoms with Gasteiger partial charge in [-0.1, -0.05) is 29.8 Å². The lowest BCUT2D eigenvalue weighted by Gasteiger charge is -2.10. The maximum absolute atomic E-state index is 12.1. The molecule has 0 saturated carbocycles. The lowest BCUT2D eigenvalue weighted by atomic mass is 10.3. The van der Waals surface area contributed by atoms with Gasteiger partial charge in [-0.2, -0.15) is 0 Å². The highest BCUT2D eigenvalue weighted by molar-refractivity contribution is 7.89. The molecule has 0 amide bonds. The first-order valence-electron chi connectivity index (χ1n) is 6.54. The Hall–Kier alpha value is -1.76. The largest absolute Gasteiger partial charge is 0.497 e. The van der Waals surface area contributed by atoms with E-state index < -0.39 is 10.0 Å². The Morgan fingerprint density at radius 1 is 1.09 bits per heavy atom. The molecule has 0 aliphatic heterocycles. The number of hydrogen-bond acceptors (Lipinski definition) is 4. The lowest BCUT2D eigenvalue weighted by molar-refractivity contribution is 0.320. The Labute approximate surface area is 134 Å². The van der Waals surface area contributed by atoms with Crippen LogP contribution in [-0.4, -0.2) is 28.7 Å². The van der Waals surface area contributed by atoms with Crippen LogP contribution in [0.25, 0.3) is 0 Å². The van der Waals surface area contributed by atoms with Crippen molar-refractivity contribution in [1.82, 2.24) is 4.72 Å². The second-order valence-electron chi connectivity index (χ2n) is 4.36. The summed E-state index contributed by atoms with van der Waals surface area (Å²) < 4.78 is 37.2. The molecule has 0 aliphatic rings. The highest BCUT2D eigenvalue weighted by Crippen LogP contribution is 2.20. The average Bonchev–Trinajstić information content (AvgIpc) is 2.52. The quantitative estimate of drug-likeness (QED) is 0.786. The van der Waals surface area contributed by atoms with Crippen molar-refractivity contribution >= 4 is 21.6 Å². The summed E-state index contributed by atoms with van der Waals surface area (Å²) in [7, 11) is -2.08. The predicted molar refractivity (Wildman–Crippen MR) is 85.1 cm³/mol. The number of halogens is 1. The third kappa shape index (κ3) is 4.37. The fourth-order valence-electron chi connectivity index (χ4n) is 1.78. The van der Waals surface area contributed by atoms with Crippen LogP contribution in [0.5, 0.6) is 11.5 Å². The molecule has 0 spiro atoms. The fourth-order valence-corrected chi connectivity index (χ4v) is 3.31. The van der Waals surface area contributed by atoms with Crippen LogP contribution in [0.1, 0.15) is 0 Å². The van der Waals surface area contributed by atoms with Gasteiger partial charge in [0.2, 0.25) is 10.0 Å². The van der Waals surface area contributed by atoms with E-state index in [1.54, 1.807) is 43.5 Å². The molecular weight excluding hydrogens is 326 g/mol. The summed E-state index contributed by atoms with van der Waals surface area (Å²) >= 11 is 5.89. The third-order valence-corrected chi connectivity index (χ3v) is 4.79. The summed E-state index contributed by atoms with van der Waals surface area (Å²) in [6, 6.07) is 13.4. The van der Waals surface area contributed by atoms with Gasteiger partial charge < -0.3 is 9.47 Å². The molecule has 2 aromatic carbocycles. The molecule has 22 heavy (non-hydrogen) atoms. The van der Waals surface area contributed by atoms with Crippen molar-refractivity contribution in [3.8, 4) is 11.5 Å². The van der Waals surface area contributed by atoms with Gasteiger partial charge in [-0.15, -0.1) is 0 Å². The maximum Gasteiger partial charge on any atom is 0.242 e. The Morgan fingerprint density at radius 2 is 1.82 bits per heavy atom. The van der Waals surface area contributed by atoms with E-state index in [4.69, 9.17) is 21.1 Å². The van der Waals surface area contributed by atoms with Gasteiger partial charge in [-0.3, -0.25) is 0 Å². The van der Waals surface area contributed by atoms with Crippen LogP contribution < -0.4 is 14.2 Å². The SMILES string of the molecule is COc1cccc(OCCNS(=O)(=O)c2ccccc2Cl)c1. The molecule has 2 aromatic rings. The van der Waals surface area contributed by atoms with Gasteiger partial charge in [-0.25, -0.2) is 13.1 Å². The molecule has 1 N–H and O–H groups in total.